The molecule has 0 aliphatic carbocycles. The van der Waals surface area contributed by atoms with Crippen LogP contribution in [0.3, 0.4) is 0 Å². The molecule has 1 aromatic carbocycles. The van der Waals surface area contributed by atoms with Crippen LogP contribution in [0.4, 0.5) is 5.69 Å². The number of hydrogen-bond acceptors (Lipinski definition) is 3. The molecule has 0 saturated carbocycles. The molecule has 0 spiro atoms. The van der Waals surface area contributed by atoms with Gasteiger partial charge in [-0.05, 0) is 55.0 Å². The zero-order valence-electron chi connectivity index (χ0n) is 15.4. The van der Waals surface area contributed by atoms with Gasteiger partial charge >= 0.3 is 0 Å². The number of nitrogens with one attached hydrogen (secondary N) is 1. The Morgan fingerprint density at radius 1 is 1.15 bits per heavy atom. The van der Waals surface area contributed by atoms with E-state index in [0.29, 0.717) is 11.6 Å². The first kappa shape index (κ1) is 18.1. The average molecular weight is 351 g/mol. The number of hydrogen-bond donors (Lipinski definition) is 1. The van der Waals surface area contributed by atoms with Crippen molar-refractivity contribution in [3.63, 3.8) is 0 Å². The monoisotopic (exact) mass is 351 g/mol. The lowest BCUT2D eigenvalue weighted by atomic mass is 10.00. The first-order valence-electron chi connectivity index (χ1n) is 9.23. The van der Waals surface area contributed by atoms with E-state index in [0.717, 1.165) is 38.0 Å². The Labute approximate surface area is 154 Å². The molecule has 0 bridgehead atoms. The molecular weight excluding hydrogens is 326 g/mol. The van der Waals surface area contributed by atoms with Crippen molar-refractivity contribution in [1.29, 1.82) is 0 Å². The Balaban J connectivity index is 1.71. The summed E-state index contributed by atoms with van der Waals surface area (Å²) in [6.07, 6.45) is 3.12. The van der Waals surface area contributed by atoms with Crippen molar-refractivity contribution < 1.29 is 9.59 Å². The van der Waals surface area contributed by atoms with E-state index in [-0.39, 0.29) is 17.5 Å². The quantitative estimate of drug-likeness (QED) is 0.912. The number of aromatic nitrogens is 1. The van der Waals surface area contributed by atoms with E-state index in [9.17, 15) is 9.59 Å². The maximum absolute atomic E-state index is 12.7. The van der Waals surface area contributed by atoms with Crippen molar-refractivity contribution in [2.24, 2.45) is 5.92 Å². The van der Waals surface area contributed by atoms with Gasteiger partial charge < -0.3 is 10.2 Å². The molecule has 1 aromatic heterocycles. The van der Waals surface area contributed by atoms with Crippen LogP contribution in [0.25, 0.3) is 0 Å². The topological polar surface area (TPSA) is 62.3 Å². The molecular formula is C21H25N3O2. The van der Waals surface area contributed by atoms with Gasteiger partial charge in [-0.3, -0.25) is 9.59 Å². The smallest absolute Gasteiger partial charge is 0.274 e. The maximum atomic E-state index is 12.7. The van der Waals surface area contributed by atoms with Gasteiger partial charge in [-0.2, -0.15) is 0 Å². The van der Waals surface area contributed by atoms with Gasteiger partial charge in [0.1, 0.15) is 11.4 Å². The Kier molecular flexibility index (Phi) is 5.66. The van der Waals surface area contributed by atoms with Crippen molar-refractivity contribution >= 4 is 17.5 Å². The standard InChI is InChI=1S/C21H25N3O2/c1-3-16-9-11-17(12-10-16)22-20(25)18-7-4-8-19(23-18)21(26)24-13-5-6-15(2)14-24/h4,7-12,15H,3,5-6,13-14H2,1-2H3,(H,22,25). The number of amides is 2. The second kappa shape index (κ2) is 8.13. The predicted octanol–water partition coefficient (Wildman–Crippen LogP) is 3.77. The van der Waals surface area contributed by atoms with Gasteiger partial charge in [-0.15, -0.1) is 0 Å². The molecule has 1 atom stereocenters. The number of nitrogens with zero attached hydrogens (tertiary/aromatic N) is 2. The van der Waals surface area contributed by atoms with E-state index in [4.69, 9.17) is 0 Å². The summed E-state index contributed by atoms with van der Waals surface area (Å²) in [5.41, 5.74) is 2.51. The van der Waals surface area contributed by atoms with Gasteiger partial charge in [0.2, 0.25) is 0 Å². The minimum Gasteiger partial charge on any atom is -0.337 e. The number of carbonyl (C=O) groups excluding carboxylic acids is 2. The van der Waals surface area contributed by atoms with E-state index in [2.05, 4.69) is 24.1 Å². The van der Waals surface area contributed by atoms with Crippen LogP contribution in [0.15, 0.2) is 42.5 Å². The third-order valence-electron chi connectivity index (χ3n) is 4.77. The summed E-state index contributed by atoms with van der Waals surface area (Å²) < 4.78 is 0. The fourth-order valence-electron chi connectivity index (χ4n) is 3.24. The molecule has 2 heterocycles. The lowest BCUT2D eigenvalue weighted by molar-refractivity contribution is 0.0677. The molecule has 1 aliphatic heterocycles. The summed E-state index contributed by atoms with van der Waals surface area (Å²) in [4.78, 5) is 31.3. The van der Waals surface area contributed by atoms with Crippen LogP contribution in [-0.2, 0) is 6.42 Å². The highest BCUT2D eigenvalue weighted by atomic mass is 16.2. The molecule has 5 heteroatoms. The van der Waals surface area contributed by atoms with E-state index in [1.807, 2.05) is 29.2 Å². The summed E-state index contributed by atoms with van der Waals surface area (Å²) in [6.45, 7) is 5.75. The first-order chi connectivity index (χ1) is 12.6. The second-order valence-electron chi connectivity index (χ2n) is 6.91. The van der Waals surface area contributed by atoms with Crippen LogP contribution in [0.5, 0.6) is 0 Å². The minimum atomic E-state index is -0.309. The van der Waals surface area contributed by atoms with Gasteiger partial charge in [0.05, 0.1) is 0 Å². The summed E-state index contributed by atoms with van der Waals surface area (Å²) >= 11 is 0. The number of benzene rings is 1. The number of anilines is 1. The molecule has 1 saturated heterocycles. The Morgan fingerprint density at radius 3 is 2.58 bits per heavy atom. The summed E-state index contributed by atoms with van der Waals surface area (Å²) in [5, 5.41) is 2.84. The zero-order valence-corrected chi connectivity index (χ0v) is 15.4. The molecule has 1 N–H and O–H groups in total. The number of piperidine rings is 1. The summed E-state index contributed by atoms with van der Waals surface area (Å²) in [6, 6.07) is 12.7. The van der Waals surface area contributed by atoms with E-state index >= 15 is 0 Å². The Bertz CT molecular complexity index is 786. The maximum Gasteiger partial charge on any atom is 0.274 e. The summed E-state index contributed by atoms with van der Waals surface area (Å²) in [5.74, 6) is 0.0969. The van der Waals surface area contributed by atoms with Crippen LogP contribution in [0.1, 0.15) is 53.2 Å². The lowest BCUT2D eigenvalue weighted by Gasteiger charge is -2.30. The molecule has 3 rings (SSSR count). The minimum absolute atomic E-state index is 0.0986. The van der Waals surface area contributed by atoms with Crippen LogP contribution in [0, 0.1) is 5.92 Å². The van der Waals surface area contributed by atoms with E-state index in [1.165, 1.54) is 5.56 Å². The van der Waals surface area contributed by atoms with Gasteiger partial charge in [0, 0.05) is 18.8 Å². The van der Waals surface area contributed by atoms with Crippen LogP contribution < -0.4 is 5.32 Å². The van der Waals surface area contributed by atoms with Crippen molar-refractivity contribution in [2.75, 3.05) is 18.4 Å². The second-order valence-corrected chi connectivity index (χ2v) is 6.91. The number of carbonyl (C=O) groups is 2. The third kappa shape index (κ3) is 4.28. The molecule has 5 nitrogen and oxygen atoms in total. The van der Waals surface area contributed by atoms with Gasteiger partial charge in [-0.1, -0.05) is 32.0 Å². The molecule has 1 fully saturated rings. The predicted molar refractivity (Wildman–Crippen MR) is 102 cm³/mol. The highest BCUT2D eigenvalue weighted by Crippen LogP contribution is 2.18. The first-order valence-corrected chi connectivity index (χ1v) is 9.23. The number of aryl methyl sites for hydroxylation is 1. The lowest BCUT2D eigenvalue weighted by Crippen LogP contribution is -2.39. The van der Waals surface area contributed by atoms with Crippen molar-refractivity contribution in [1.82, 2.24) is 9.88 Å². The highest BCUT2D eigenvalue weighted by molar-refractivity contribution is 6.03. The molecule has 1 unspecified atom stereocenters. The highest BCUT2D eigenvalue weighted by Gasteiger charge is 2.23. The van der Waals surface area contributed by atoms with Crippen molar-refractivity contribution in [2.45, 2.75) is 33.1 Å². The molecule has 1 aliphatic rings. The molecule has 0 radical (unpaired) electrons. The average Bonchev–Trinajstić information content (AvgIpc) is 2.68. The number of likely N-dealkylation sites (tertiary alicyclic amines) is 1. The van der Waals surface area contributed by atoms with Gasteiger partial charge in [0.25, 0.3) is 11.8 Å². The van der Waals surface area contributed by atoms with Gasteiger partial charge in [-0.25, -0.2) is 4.98 Å². The number of rotatable bonds is 4. The zero-order chi connectivity index (χ0) is 18.5. The molecule has 136 valence electrons. The molecule has 26 heavy (non-hydrogen) atoms. The van der Waals surface area contributed by atoms with Crippen molar-refractivity contribution in [3.05, 3.63) is 59.4 Å². The number of pyridine rings is 1. The van der Waals surface area contributed by atoms with Crippen LogP contribution in [0.2, 0.25) is 0 Å². The van der Waals surface area contributed by atoms with E-state index in [1.54, 1.807) is 18.2 Å². The van der Waals surface area contributed by atoms with Crippen LogP contribution in [-0.4, -0.2) is 34.8 Å². The third-order valence-corrected chi connectivity index (χ3v) is 4.77. The van der Waals surface area contributed by atoms with E-state index < -0.39 is 0 Å². The normalized spacial score (nSPS) is 17.0. The summed E-state index contributed by atoms with van der Waals surface area (Å²) in [7, 11) is 0. The fraction of sp³-hybridized carbons (Fsp3) is 0.381. The molecule has 2 aromatic rings. The SMILES string of the molecule is CCc1ccc(NC(=O)c2cccc(C(=O)N3CCCC(C)C3)n2)cc1. The largest absolute Gasteiger partial charge is 0.337 e. The Hall–Kier alpha value is -2.69. The van der Waals surface area contributed by atoms with Crippen LogP contribution >= 0.6 is 0 Å². The Morgan fingerprint density at radius 2 is 1.88 bits per heavy atom. The fourth-order valence-corrected chi connectivity index (χ4v) is 3.24. The van der Waals surface area contributed by atoms with Crippen molar-refractivity contribution in [3.8, 4) is 0 Å². The van der Waals surface area contributed by atoms with Gasteiger partial charge in [0.15, 0.2) is 0 Å². The molecule has 2 amide bonds.